The summed E-state index contributed by atoms with van der Waals surface area (Å²) < 4.78 is 0. The van der Waals surface area contributed by atoms with Crippen molar-refractivity contribution < 1.29 is 0 Å². The minimum Gasteiger partial charge on any atom is -0.0841 e. The minimum absolute atomic E-state index is 0.0943. The van der Waals surface area contributed by atoms with Gasteiger partial charge in [0.1, 0.15) is 5.25 Å². The van der Waals surface area contributed by atoms with Crippen LogP contribution < -0.4 is 0 Å². The predicted octanol–water partition coefficient (Wildman–Crippen LogP) is 5.24. The molecule has 106 valence electrons. The van der Waals surface area contributed by atoms with Crippen LogP contribution in [-0.4, -0.2) is 5.25 Å². The van der Waals surface area contributed by atoms with Gasteiger partial charge in [0.25, 0.3) is 0 Å². The third kappa shape index (κ3) is 3.30. The van der Waals surface area contributed by atoms with Crippen molar-refractivity contribution in [3.8, 4) is 0 Å². The molecule has 0 bridgehead atoms. The maximum Gasteiger partial charge on any atom is 0.161 e. The highest BCUT2D eigenvalue weighted by molar-refractivity contribution is 7.97. The SMILES string of the molecule is CC1CC=CC=CC1[S+](c1ccccc1)c1ccccc1. The Morgan fingerprint density at radius 3 is 1.95 bits per heavy atom. The summed E-state index contributed by atoms with van der Waals surface area (Å²) in [6, 6.07) is 21.9. The van der Waals surface area contributed by atoms with Gasteiger partial charge in [-0.15, -0.1) is 0 Å². The molecule has 0 radical (unpaired) electrons. The maximum absolute atomic E-state index is 2.40. The van der Waals surface area contributed by atoms with E-state index in [2.05, 4.69) is 91.9 Å². The smallest absolute Gasteiger partial charge is 0.0841 e. The van der Waals surface area contributed by atoms with E-state index in [1.807, 2.05) is 0 Å². The highest BCUT2D eigenvalue weighted by Crippen LogP contribution is 2.34. The van der Waals surface area contributed by atoms with Crippen molar-refractivity contribution in [2.45, 2.75) is 28.4 Å². The molecule has 0 saturated carbocycles. The third-order valence-electron chi connectivity index (χ3n) is 3.88. The van der Waals surface area contributed by atoms with E-state index < -0.39 is 0 Å². The molecule has 2 aromatic rings. The molecule has 2 aromatic carbocycles. The van der Waals surface area contributed by atoms with E-state index in [1.165, 1.54) is 9.79 Å². The standard InChI is InChI=1S/C20H21S/c1-17-11-5-2-10-16-20(17)21(18-12-6-3-7-13-18)19-14-8-4-9-15-19/h2-10,12-17,20H,11H2,1H3/q+1. The molecule has 3 rings (SSSR count). The molecule has 0 spiro atoms. The molecule has 0 fully saturated rings. The van der Waals surface area contributed by atoms with Crippen LogP contribution in [0.25, 0.3) is 0 Å². The first-order valence-corrected chi connectivity index (χ1v) is 8.81. The largest absolute Gasteiger partial charge is 0.161 e. The van der Waals surface area contributed by atoms with Gasteiger partial charge in [0.2, 0.25) is 0 Å². The van der Waals surface area contributed by atoms with E-state index in [0.717, 1.165) is 6.42 Å². The molecule has 0 aliphatic heterocycles. The predicted molar refractivity (Wildman–Crippen MR) is 92.6 cm³/mol. The number of hydrogen-bond donors (Lipinski definition) is 0. The lowest BCUT2D eigenvalue weighted by atomic mass is 10.1. The normalized spacial score (nSPS) is 21.4. The summed E-state index contributed by atoms with van der Waals surface area (Å²) >= 11 is 0. The number of rotatable bonds is 3. The molecule has 0 saturated heterocycles. The van der Waals surface area contributed by atoms with Gasteiger partial charge in [0.05, 0.1) is 10.9 Å². The Labute approximate surface area is 130 Å². The Balaban J connectivity index is 2.04. The summed E-state index contributed by atoms with van der Waals surface area (Å²) in [6.45, 7) is 2.37. The van der Waals surface area contributed by atoms with Crippen molar-refractivity contribution >= 4 is 10.9 Å². The molecule has 2 atom stereocenters. The van der Waals surface area contributed by atoms with Crippen LogP contribution in [0.3, 0.4) is 0 Å². The molecule has 0 nitrogen and oxygen atoms in total. The number of benzene rings is 2. The van der Waals surface area contributed by atoms with E-state index in [1.54, 1.807) is 0 Å². The molecule has 21 heavy (non-hydrogen) atoms. The Bertz CT molecular complexity index is 573. The van der Waals surface area contributed by atoms with Crippen molar-refractivity contribution in [2.75, 3.05) is 0 Å². The fraction of sp³-hybridized carbons (Fsp3) is 0.200. The molecule has 2 unspecified atom stereocenters. The van der Waals surface area contributed by atoms with Crippen LogP contribution in [0.4, 0.5) is 0 Å². The first-order valence-electron chi connectivity index (χ1n) is 7.53. The summed E-state index contributed by atoms with van der Waals surface area (Å²) in [5.74, 6) is 0.656. The summed E-state index contributed by atoms with van der Waals surface area (Å²) in [4.78, 5) is 2.87. The van der Waals surface area contributed by atoms with E-state index in [-0.39, 0.29) is 10.9 Å². The van der Waals surface area contributed by atoms with E-state index in [0.29, 0.717) is 11.2 Å². The molecular formula is C20H21S+. The van der Waals surface area contributed by atoms with Gasteiger partial charge in [0.15, 0.2) is 9.79 Å². The molecular weight excluding hydrogens is 272 g/mol. The molecule has 0 N–H and O–H groups in total. The van der Waals surface area contributed by atoms with Gasteiger partial charge >= 0.3 is 0 Å². The van der Waals surface area contributed by atoms with Gasteiger partial charge in [-0.05, 0) is 36.8 Å². The first kappa shape index (κ1) is 14.2. The quantitative estimate of drug-likeness (QED) is 0.679. The Hall–Kier alpha value is -1.73. The van der Waals surface area contributed by atoms with Gasteiger partial charge in [0, 0.05) is 5.92 Å². The highest BCUT2D eigenvalue weighted by atomic mass is 32.2. The molecule has 0 amide bonds. The monoisotopic (exact) mass is 293 g/mol. The summed E-state index contributed by atoms with van der Waals surface area (Å²) in [5, 5.41) is 0.560. The van der Waals surface area contributed by atoms with Crippen LogP contribution in [0.5, 0.6) is 0 Å². The summed E-state index contributed by atoms with van der Waals surface area (Å²) in [6.07, 6.45) is 10.3. The zero-order valence-corrected chi connectivity index (χ0v) is 13.2. The molecule has 1 heteroatoms. The lowest BCUT2D eigenvalue weighted by molar-refractivity contribution is 0.615. The van der Waals surface area contributed by atoms with E-state index in [4.69, 9.17) is 0 Å². The maximum atomic E-state index is 2.40. The zero-order chi connectivity index (χ0) is 14.5. The van der Waals surface area contributed by atoms with Gasteiger partial charge in [-0.3, -0.25) is 0 Å². The van der Waals surface area contributed by atoms with Crippen molar-refractivity contribution in [1.29, 1.82) is 0 Å². The lowest BCUT2D eigenvalue weighted by Gasteiger charge is -2.20. The van der Waals surface area contributed by atoms with E-state index >= 15 is 0 Å². The molecule has 1 aliphatic rings. The lowest BCUT2D eigenvalue weighted by Crippen LogP contribution is -2.26. The van der Waals surface area contributed by atoms with Crippen LogP contribution in [0, 0.1) is 5.92 Å². The topological polar surface area (TPSA) is 0 Å². The average Bonchev–Trinajstić information content (AvgIpc) is 2.75. The van der Waals surface area contributed by atoms with Crippen molar-refractivity contribution in [2.24, 2.45) is 5.92 Å². The number of allylic oxidation sites excluding steroid dienone is 3. The zero-order valence-electron chi connectivity index (χ0n) is 12.4. The summed E-state index contributed by atoms with van der Waals surface area (Å²) in [7, 11) is 0.0943. The minimum atomic E-state index is 0.0943. The first-order chi connectivity index (χ1) is 10.4. The van der Waals surface area contributed by atoms with Crippen molar-refractivity contribution in [3.05, 3.63) is 85.0 Å². The Kier molecular flexibility index (Phi) is 4.62. The van der Waals surface area contributed by atoms with Gasteiger partial charge in [-0.1, -0.05) is 61.5 Å². The van der Waals surface area contributed by atoms with Crippen LogP contribution in [0.1, 0.15) is 13.3 Å². The molecule has 0 heterocycles. The fourth-order valence-electron chi connectivity index (χ4n) is 2.76. The Morgan fingerprint density at radius 1 is 0.810 bits per heavy atom. The third-order valence-corrected chi connectivity index (χ3v) is 6.61. The Morgan fingerprint density at radius 2 is 1.38 bits per heavy atom. The molecule has 0 aromatic heterocycles. The van der Waals surface area contributed by atoms with Gasteiger partial charge < -0.3 is 0 Å². The van der Waals surface area contributed by atoms with Crippen molar-refractivity contribution in [3.63, 3.8) is 0 Å². The fourth-order valence-corrected chi connectivity index (χ4v) is 5.39. The second-order valence-corrected chi connectivity index (χ2v) is 7.62. The molecule has 1 aliphatic carbocycles. The van der Waals surface area contributed by atoms with Gasteiger partial charge in [-0.25, -0.2) is 0 Å². The average molecular weight is 293 g/mol. The second-order valence-electron chi connectivity index (χ2n) is 5.45. The van der Waals surface area contributed by atoms with Crippen LogP contribution in [0.2, 0.25) is 0 Å². The van der Waals surface area contributed by atoms with Crippen LogP contribution >= 0.6 is 0 Å². The summed E-state index contributed by atoms with van der Waals surface area (Å²) in [5.41, 5.74) is 0. The highest BCUT2D eigenvalue weighted by Gasteiger charge is 2.37. The van der Waals surface area contributed by atoms with Crippen molar-refractivity contribution in [1.82, 2.24) is 0 Å². The van der Waals surface area contributed by atoms with Gasteiger partial charge in [-0.2, -0.15) is 0 Å². The van der Waals surface area contributed by atoms with Crippen LogP contribution in [0.15, 0.2) is 94.8 Å². The van der Waals surface area contributed by atoms with E-state index in [9.17, 15) is 0 Å². The van der Waals surface area contributed by atoms with Crippen LogP contribution in [-0.2, 0) is 10.9 Å². The number of hydrogen-bond acceptors (Lipinski definition) is 0. The second kappa shape index (κ2) is 6.82.